The van der Waals surface area contributed by atoms with Crippen molar-refractivity contribution in [2.45, 2.75) is 24.3 Å². The molecule has 1 atom stereocenters. The number of rotatable bonds is 6. The summed E-state index contributed by atoms with van der Waals surface area (Å²) in [5, 5.41) is 17.9. The van der Waals surface area contributed by atoms with Crippen LogP contribution in [0.3, 0.4) is 0 Å². The molecule has 5 heteroatoms. The van der Waals surface area contributed by atoms with E-state index in [4.69, 9.17) is 10.2 Å². The van der Waals surface area contributed by atoms with E-state index in [0.29, 0.717) is 11.0 Å². The number of hydrogen-bond acceptors (Lipinski definition) is 4. The third-order valence-electron chi connectivity index (χ3n) is 2.08. The summed E-state index contributed by atoms with van der Waals surface area (Å²) < 4.78 is 0. The third kappa shape index (κ3) is 4.20. The zero-order valence-corrected chi connectivity index (χ0v) is 9.91. The van der Waals surface area contributed by atoms with Gasteiger partial charge >= 0.3 is 5.97 Å². The maximum absolute atomic E-state index is 10.7. The number of carboxylic acids is 1. The molecule has 0 bridgehead atoms. The quantitative estimate of drug-likeness (QED) is 0.794. The fraction of sp³-hybridized carbons (Fsp3) is 0.455. The molecule has 0 aliphatic carbocycles. The topological polar surface area (TPSA) is 70.4 Å². The summed E-state index contributed by atoms with van der Waals surface area (Å²) in [5.74, 6) is -0.335. The summed E-state index contributed by atoms with van der Waals surface area (Å²) in [6, 6.07) is 4.99. The fourth-order valence-corrected chi connectivity index (χ4v) is 2.06. The Morgan fingerprint density at radius 1 is 1.56 bits per heavy atom. The number of aromatic carboxylic acids is 1. The normalized spacial score (nSPS) is 12.4. The van der Waals surface area contributed by atoms with Crippen molar-refractivity contribution in [2.75, 3.05) is 6.61 Å². The van der Waals surface area contributed by atoms with E-state index in [-0.39, 0.29) is 12.3 Å². The molecule has 0 spiro atoms. The Labute approximate surface area is 98.7 Å². The van der Waals surface area contributed by atoms with E-state index in [1.807, 2.05) is 13.0 Å². The van der Waals surface area contributed by atoms with E-state index >= 15 is 0 Å². The van der Waals surface area contributed by atoms with Crippen molar-refractivity contribution in [3.8, 4) is 0 Å². The van der Waals surface area contributed by atoms with E-state index in [9.17, 15) is 4.79 Å². The van der Waals surface area contributed by atoms with E-state index in [0.717, 1.165) is 12.1 Å². The minimum atomic E-state index is -1.00. The Balaban J connectivity index is 2.54. The van der Waals surface area contributed by atoms with Crippen LogP contribution >= 0.6 is 11.8 Å². The molecular weight excluding hydrogens is 226 g/mol. The molecule has 0 aromatic carbocycles. The number of hydrogen-bond donors (Lipinski definition) is 2. The average Bonchev–Trinajstić information content (AvgIpc) is 2.27. The average molecular weight is 241 g/mol. The highest BCUT2D eigenvalue weighted by Gasteiger charge is 2.07. The van der Waals surface area contributed by atoms with Crippen LogP contribution in [0.2, 0.25) is 0 Å². The molecular formula is C11H15NO3S. The monoisotopic (exact) mass is 241 g/mol. The van der Waals surface area contributed by atoms with Gasteiger partial charge in [-0.05, 0) is 18.6 Å². The standard InChI is InChI=1S/C11H15NO3S/c1-8(5-6-13)16-7-9-3-2-4-10(12-9)11(14)15/h2-4,8,13H,5-7H2,1H3,(H,14,15). The van der Waals surface area contributed by atoms with Crippen LogP contribution in [0.15, 0.2) is 18.2 Å². The number of thioether (sulfide) groups is 1. The van der Waals surface area contributed by atoms with Crippen molar-refractivity contribution >= 4 is 17.7 Å². The van der Waals surface area contributed by atoms with E-state index in [1.165, 1.54) is 6.07 Å². The van der Waals surface area contributed by atoms with Crippen LogP contribution in [-0.2, 0) is 5.75 Å². The summed E-state index contributed by atoms with van der Waals surface area (Å²) in [6.07, 6.45) is 0.739. The molecule has 4 nitrogen and oxygen atoms in total. The second-order valence-corrected chi connectivity index (χ2v) is 4.88. The van der Waals surface area contributed by atoms with Crippen LogP contribution in [-0.4, -0.2) is 33.0 Å². The number of aromatic nitrogens is 1. The second kappa shape index (κ2) is 6.50. The van der Waals surface area contributed by atoms with Gasteiger partial charge in [-0.2, -0.15) is 11.8 Å². The van der Waals surface area contributed by atoms with Crippen LogP contribution in [0.4, 0.5) is 0 Å². The van der Waals surface area contributed by atoms with Crippen molar-refractivity contribution in [1.29, 1.82) is 0 Å². The highest BCUT2D eigenvalue weighted by molar-refractivity contribution is 7.99. The predicted molar refractivity (Wildman–Crippen MR) is 63.7 cm³/mol. The largest absolute Gasteiger partial charge is 0.477 e. The third-order valence-corrected chi connectivity index (χ3v) is 3.34. The van der Waals surface area contributed by atoms with Gasteiger partial charge in [-0.15, -0.1) is 0 Å². The number of nitrogens with zero attached hydrogens (tertiary/aromatic N) is 1. The van der Waals surface area contributed by atoms with Crippen molar-refractivity contribution < 1.29 is 15.0 Å². The molecule has 88 valence electrons. The molecule has 1 rings (SSSR count). The highest BCUT2D eigenvalue weighted by atomic mass is 32.2. The number of aliphatic hydroxyl groups is 1. The van der Waals surface area contributed by atoms with Gasteiger partial charge in [0.05, 0.1) is 5.69 Å². The molecule has 0 fully saturated rings. The van der Waals surface area contributed by atoms with Crippen LogP contribution in [0.1, 0.15) is 29.5 Å². The summed E-state index contributed by atoms with van der Waals surface area (Å²) >= 11 is 1.66. The molecule has 0 aliphatic rings. The van der Waals surface area contributed by atoms with Crippen LogP contribution in [0.5, 0.6) is 0 Å². The van der Waals surface area contributed by atoms with Gasteiger partial charge in [0, 0.05) is 17.6 Å². The lowest BCUT2D eigenvalue weighted by atomic mass is 10.3. The summed E-state index contributed by atoms with van der Waals surface area (Å²) in [7, 11) is 0. The molecule has 1 unspecified atom stereocenters. The maximum atomic E-state index is 10.7. The number of pyridine rings is 1. The molecule has 0 amide bonds. The van der Waals surface area contributed by atoms with Gasteiger partial charge in [0.2, 0.25) is 0 Å². The van der Waals surface area contributed by atoms with Crippen LogP contribution < -0.4 is 0 Å². The summed E-state index contributed by atoms with van der Waals surface area (Å²) in [5.41, 5.74) is 0.836. The Morgan fingerprint density at radius 3 is 2.94 bits per heavy atom. The van der Waals surface area contributed by atoms with Gasteiger partial charge in [0.1, 0.15) is 5.69 Å². The van der Waals surface area contributed by atoms with Crippen LogP contribution in [0, 0.1) is 0 Å². The minimum absolute atomic E-state index is 0.0768. The molecule has 16 heavy (non-hydrogen) atoms. The lowest BCUT2D eigenvalue weighted by Crippen LogP contribution is -2.04. The molecule has 0 radical (unpaired) electrons. The summed E-state index contributed by atoms with van der Waals surface area (Å²) in [6.45, 7) is 2.21. The Hall–Kier alpha value is -1.07. The lowest BCUT2D eigenvalue weighted by molar-refractivity contribution is 0.0690. The minimum Gasteiger partial charge on any atom is -0.477 e. The second-order valence-electron chi connectivity index (χ2n) is 3.45. The van der Waals surface area contributed by atoms with Crippen LogP contribution in [0.25, 0.3) is 0 Å². The zero-order valence-electron chi connectivity index (χ0n) is 9.09. The Morgan fingerprint density at radius 2 is 2.31 bits per heavy atom. The molecule has 2 N–H and O–H groups in total. The van der Waals surface area contributed by atoms with Gasteiger partial charge < -0.3 is 10.2 Å². The van der Waals surface area contributed by atoms with Crippen molar-refractivity contribution in [3.05, 3.63) is 29.6 Å². The molecule has 0 aliphatic heterocycles. The Kier molecular flexibility index (Phi) is 5.28. The van der Waals surface area contributed by atoms with Gasteiger partial charge in [0.15, 0.2) is 0 Å². The van der Waals surface area contributed by atoms with E-state index in [1.54, 1.807) is 17.8 Å². The number of carbonyl (C=O) groups is 1. The van der Waals surface area contributed by atoms with Gasteiger partial charge in [-0.1, -0.05) is 13.0 Å². The zero-order chi connectivity index (χ0) is 12.0. The number of carboxylic acid groups (broad SMARTS) is 1. The van der Waals surface area contributed by atoms with Crippen molar-refractivity contribution in [2.24, 2.45) is 0 Å². The van der Waals surface area contributed by atoms with Gasteiger partial charge in [-0.3, -0.25) is 0 Å². The number of aliphatic hydroxyl groups excluding tert-OH is 1. The SMILES string of the molecule is CC(CCO)SCc1cccc(C(=O)O)n1. The van der Waals surface area contributed by atoms with Gasteiger partial charge in [0.25, 0.3) is 0 Å². The van der Waals surface area contributed by atoms with Gasteiger partial charge in [-0.25, -0.2) is 9.78 Å². The molecule has 1 heterocycles. The molecule has 1 aromatic heterocycles. The summed E-state index contributed by atoms with van der Waals surface area (Å²) in [4.78, 5) is 14.7. The smallest absolute Gasteiger partial charge is 0.354 e. The highest BCUT2D eigenvalue weighted by Crippen LogP contribution is 2.18. The first-order valence-corrected chi connectivity index (χ1v) is 6.10. The molecule has 0 saturated carbocycles. The first kappa shape index (κ1) is 13.0. The van der Waals surface area contributed by atoms with E-state index < -0.39 is 5.97 Å². The maximum Gasteiger partial charge on any atom is 0.354 e. The molecule has 0 saturated heterocycles. The lowest BCUT2D eigenvalue weighted by Gasteiger charge is -2.08. The molecule has 1 aromatic rings. The fourth-order valence-electron chi connectivity index (χ4n) is 1.17. The first-order chi connectivity index (χ1) is 7.63. The van der Waals surface area contributed by atoms with E-state index in [2.05, 4.69) is 4.98 Å². The predicted octanol–water partition coefficient (Wildman–Crippen LogP) is 1.78. The van der Waals surface area contributed by atoms with Crippen molar-refractivity contribution in [3.63, 3.8) is 0 Å². The Bertz CT molecular complexity index is 357. The van der Waals surface area contributed by atoms with Crippen molar-refractivity contribution in [1.82, 2.24) is 4.98 Å². The first-order valence-electron chi connectivity index (χ1n) is 5.05.